The third kappa shape index (κ3) is 4.74. The molecule has 2 saturated heterocycles. The Bertz CT molecular complexity index is 614. The molecule has 3 rings (SSSR count). The minimum Gasteiger partial charge on any atom is -0.380 e. The van der Waals surface area contributed by atoms with Crippen molar-refractivity contribution < 1.29 is 9.66 Å². The quantitative estimate of drug-likeness (QED) is 0.571. The summed E-state index contributed by atoms with van der Waals surface area (Å²) in [7, 11) is 1.64. The van der Waals surface area contributed by atoms with Crippen molar-refractivity contribution in [1.82, 2.24) is 4.90 Å². The van der Waals surface area contributed by atoms with E-state index in [1.165, 1.54) is 45.3 Å². The second kappa shape index (κ2) is 8.82. The molecule has 2 heterocycles. The molecule has 6 heteroatoms. The van der Waals surface area contributed by atoms with Crippen LogP contribution in [-0.4, -0.2) is 49.7 Å². The van der Waals surface area contributed by atoms with Crippen LogP contribution in [0.1, 0.15) is 38.2 Å². The number of nitro benzene ring substituents is 1. The maximum atomic E-state index is 11.1. The minimum absolute atomic E-state index is 0.136. The monoisotopic (exact) mass is 361 g/mol. The lowest BCUT2D eigenvalue weighted by atomic mass is 9.93. The van der Waals surface area contributed by atoms with E-state index >= 15 is 0 Å². The summed E-state index contributed by atoms with van der Waals surface area (Å²) in [6.45, 7) is 8.43. The Balaban J connectivity index is 1.67. The number of likely N-dealkylation sites (tertiary alicyclic amines) is 1. The van der Waals surface area contributed by atoms with Gasteiger partial charge in [-0.15, -0.1) is 0 Å². The summed E-state index contributed by atoms with van der Waals surface area (Å²) in [6.07, 6.45) is 5.08. The zero-order valence-electron chi connectivity index (χ0n) is 16.0. The molecule has 2 aliphatic rings. The molecular weight excluding hydrogens is 330 g/mol. The van der Waals surface area contributed by atoms with Crippen LogP contribution in [0.25, 0.3) is 0 Å². The summed E-state index contributed by atoms with van der Waals surface area (Å²) in [5.74, 6) is 1.54. The van der Waals surface area contributed by atoms with Crippen molar-refractivity contribution >= 4 is 11.4 Å². The van der Waals surface area contributed by atoms with E-state index in [9.17, 15) is 10.1 Å². The van der Waals surface area contributed by atoms with Crippen molar-refractivity contribution in [2.24, 2.45) is 11.8 Å². The van der Waals surface area contributed by atoms with E-state index in [-0.39, 0.29) is 10.6 Å². The predicted molar refractivity (Wildman–Crippen MR) is 104 cm³/mol. The number of piperidine rings is 2. The lowest BCUT2D eigenvalue weighted by Crippen LogP contribution is -2.43. The van der Waals surface area contributed by atoms with E-state index in [1.54, 1.807) is 19.2 Å². The van der Waals surface area contributed by atoms with E-state index < -0.39 is 0 Å². The first-order valence-electron chi connectivity index (χ1n) is 9.80. The van der Waals surface area contributed by atoms with Crippen LogP contribution in [0, 0.1) is 22.0 Å². The maximum Gasteiger partial charge on any atom is 0.269 e. The maximum absolute atomic E-state index is 11.1. The molecule has 0 amide bonds. The lowest BCUT2D eigenvalue weighted by molar-refractivity contribution is -0.384. The minimum atomic E-state index is -0.334. The molecule has 0 N–H and O–H groups in total. The molecule has 0 aliphatic carbocycles. The highest BCUT2D eigenvalue weighted by Crippen LogP contribution is 2.30. The molecular formula is C20H31N3O3. The van der Waals surface area contributed by atoms with Gasteiger partial charge in [-0.05, 0) is 56.7 Å². The van der Waals surface area contributed by atoms with Gasteiger partial charge in [0.2, 0.25) is 0 Å². The number of hydrogen-bond donors (Lipinski definition) is 0. The van der Waals surface area contributed by atoms with Crippen molar-refractivity contribution in [3.8, 4) is 0 Å². The summed E-state index contributed by atoms with van der Waals surface area (Å²) in [6, 6.07) is 5.18. The van der Waals surface area contributed by atoms with Crippen LogP contribution in [0.2, 0.25) is 0 Å². The van der Waals surface area contributed by atoms with E-state index in [2.05, 4.69) is 16.7 Å². The molecule has 0 saturated carbocycles. The number of ether oxygens (including phenoxy) is 1. The van der Waals surface area contributed by atoms with Crippen LogP contribution in [0.15, 0.2) is 18.2 Å². The molecule has 2 fully saturated rings. The van der Waals surface area contributed by atoms with Gasteiger partial charge in [0.05, 0.1) is 11.5 Å². The number of nitrogens with zero attached hydrogens (tertiary/aromatic N) is 3. The van der Waals surface area contributed by atoms with Gasteiger partial charge >= 0.3 is 0 Å². The third-order valence-electron chi connectivity index (χ3n) is 5.83. The first kappa shape index (κ1) is 19.1. The smallest absolute Gasteiger partial charge is 0.269 e. The molecule has 1 aromatic carbocycles. The number of hydrogen-bond acceptors (Lipinski definition) is 5. The average Bonchev–Trinajstić information content (AvgIpc) is 2.64. The summed E-state index contributed by atoms with van der Waals surface area (Å²) >= 11 is 0. The summed E-state index contributed by atoms with van der Waals surface area (Å²) in [5.41, 5.74) is 2.14. The normalized spacial score (nSPS) is 22.5. The molecule has 1 unspecified atom stereocenters. The number of non-ortho nitro benzene ring substituents is 1. The van der Waals surface area contributed by atoms with Crippen LogP contribution in [0.4, 0.5) is 11.4 Å². The average molecular weight is 361 g/mol. The van der Waals surface area contributed by atoms with Crippen molar-refractivity contribution in [3.05, 3.63) is 33.9 Å². The molecule has 26 heavy (non-hydrogen) atoms. The third-order valence-corrected chi connectivity index (χ3v) is 5.83. The van der Waals surface area contributed by atoms with Gasteiger partial charge in [0, 0.05) is 50.1 Å². The van der Waals surface area contributed by atoms with Crippen molar-refractivity contribution in [2.45, 2.75) is 39.2 Å². The van der Waals surface area contributed by atoms with E-state index in [4.69, 9.17) is 4.74 Å². The second-order valence-corrected chi connectivity index (χ2v) is 7.94. The van der Waals surface area contributed by atoms with Gasteiger partial charge in [0.25, 0.3) is 5.69 Å². The fourth-order valence-corrected chi connectivity index (χ4v) is 4.31. The van der Waals surface area contributed by atoms with Gasteiger partial charge in [0.1, 0.15) is 0 Å². The zero-order chi connectivity index (χ0) is 18.5. The largest absolute Gasteiger partial charge is 0.380 e. The Kier molecular flexibility index (Phi) is 6.48. The van der Waals surface area contributed by atoms with Crippen LogP contribution in [0.3, 0.4) is 0 Å². The summed E-state index contributed by atoms with van der Waals surface area (Å²) < 4.78 is 5.29. The standard InChI is InChI=1S/C20H31N3O3/c1-16-7-10-21(11-8-16)13-17-4-3-9-22(14-17)20-6-5-19(23(24)25)12-18(20)15-26-2/h5-6,12,16-17H,3-4,7-11,13-15H2,1-2H3. The predicted octanol–water partition coefficient (Wildman–Crippen LogP) is 3.69. The Hall–Kier alpha value is -1.66. The van der Waals surface area contributed by atoms with Gasteiger partial charge in [0.15, 0.2) is 0 Å². The highest BCUT2D eigenvalue weighted by Gasteiger charge is 2.26. The number of anilines is 1. The molecule has 1 atom stereocenters. The van der Waals surface area contributed by atoms with Crippen molar-refractivity contribution in [1.29, 1.82) is 0 Å². The van der Waals surface area contributed by atoms with Crippen LogP contribution in [0.5, 0.6) is 0 Å². The number of methoxy groups -OCH3 is 1. The van der Waals surface area contributed by atoms with Gasteiger partial charge in [-0.25, -0.2) is 0 Å². The fraction of sp³-hybridized carbons (Fsp3) is 0.700. The molecule has 0 bridgehead atoms. The topological polar surface area (TPSA) is 58.9 Å². The van der Waals surface area contributed by atoms with Crippen LogP contribution < -0.4 is 4.90 Å². The molecule has 0 spiro atoms. The van der Waals surface area contributed by atoms with Gasteiger partial charge in [-0.3, -0.25) is 10.1 Å². The highest BCUT2D eigenvalue weighted by molar-refractivity contribution is 5.58. The van der Waals surface area contributed by atoms with Crippen LogP contribution in [-0.2, 0) is 11.3 Å². The molecule has 144 valence electrons. The van der Waals surface area contributed by atoms with E-state index in [0.717, 1.165) is 30.3 Å². The fourth-order valence-electron chi connectivity index (χ4n) is 4.31. The molecule has 0 aromatic heterocycles. The molecule has 6 nitrogen and oxygen atoms in total. The number of benzene rings is 1. The Morgan fingerprint density at radius 1 is 1.23 bits per heavy atom. The second-order valence-electron chi connectivity index (χ2n) is 7.94. The summed E-state index contributed by atoms with van der Waals surface area (Å²) in [5, 5.41) is 11.1. The van der Waals surface area contributed by atoms with Gasteiger partial charge in [-0.1, -0.05) is 6.92 Å². The zero-order valence-corrected chi connectivity index (χ0v) is 16.0. The van der Waals surface area contributed by atoms with Gasteiger partial charge < -0.3 is 14.5 Å². The van der Waals surface area contributed by atoms with Gasteiger partial charge in [-0.2, -0.15) is 0 Å². The SMILES string of the molecule is COCc1cc([N+](=O)[O-])ccc1N1CCCC(CN2CCC(C)CC2)C1. The van der Waals surface area contributed by atoms with Crippen LogP contribution >= 0.6 is 0 Å². The Labute approximate surface area is 156 Å². The van der Waals surface area contributed by atoms with E-state index in [1.807, 2.05) is 6.07 Å². The molecule has 1 aromatic rings. The first-order valence-corrected chi connectivity index (χ1v) is 9.80. The molecule has 2 aliphatic heterocycles. The first-order chi connectivity index (χ1) is 12.6. The Morgan fingerprint density at radius 3 is 2.69 bits per heavy atom. The number of nitro groups is 1. The summed E-state index contributed by atoms with van der Waals surface area (Å²) in [4.78, 5) is 15.8. The van der Waals surface area contributed by atoms with Crippen molar-refractivity contribution in [2.75, 3.05) is 44.7 Å². The Morgan fingerprint density at radius 2 is 2.00 bits per heavy atom. The van der Waals surface area contributed by atoms with Crippen molar-refractivity contribution in [3.63, 3.8) is 0 Å². The number of rotatable bonds is 6. The van der Waals surface area contributed by atoms with E-state index in [0.29, 0.717) is 12.5 Å². The molecule has 0 radical (unpaired) electrons. The lowest BCUT2D eigenvalue weighted by Gasteiger charge is -2.39. The highest BCUT2D eigenvalue weighted by atomic mass is 16.6.